The standard InChI is InChI=1S/C14H26O2/c1-14(11-5-3-2-4-6-11)8-7-12(15)9-13(16)10-14/h11-13,15-16H,2-10H2,1H3. The molecule has 2 nitrogen and oxygen atoms in total. The number of rotatable bonds is 1. The molecule has 94 valence electrons. The maximum Gasteiger partial charge on any atom is 0.0570 e. The Kier molecular flexibility index (Phi) is 3.91. The Labute approximate surface area is 99.1 Å². The van der Waals surface area contributed by atoms with Crippen LogP contribution < -0.4 is 0 Å². The average Bonchev–Trinajstić information content (AvgIpc) is 2.40. The lowest BCUT2D eigenvalue weighted by Crippen LogP contribution is -2.31. The lowest BCUT2D eigenvalue weighted by Gasteiger charge is -2.40. The van der Waals surface area contributed by atoms with Crippen LogP contribution in [0.25, 0.3) is 0 Å². The molecule has 0 saturated heterocycles. The van der Waals surface area contributed by atoms with E-state index in [-0.39, 0.29) is 17.6 Å². The van der Waals surface area contributed by atoms with Gasteiger partial charge in [-0.25, -0.2) is 0 Å². The van der Waals surface area contributed by atoms with Crippen molar-refractivity contribution in [2.75, 3.05) is 0 Å². The molecule has 0 aromatic carbocycles. The van der Waals surface area contributed by atoms with Crippen molar-refractivity contribution in [3.63, 3.8) is 0 Å². The van der Waals surface area contributed by atoms with Gasteiger partial charge in [0.05, 0.1) is 12.2 Å². The van der Waals surface area contributed by atoms with Gasteiger partial charge in [-0.3, -0.25) is 0 Å². The molecule has 0 amide bonds. The first kappa shape index (κ1) is 12.4. The first-order valence-corrected chi connectivity index (χ1v) is 6.96. The molecule has 0 aliphatic heterocycles. The molecule has 0 aromatic heterocycles. The number of aliphatic hydroxyl groups is 2. The zero-order chi connectivity index (χ0) is 11.6. The Morgan fingerprint density at radius 2 is 1.62 bits per heavy atom. The lowest BCUT2D eigenvalue weighted by atomic mass is 9.66. The minimum absolute atomic E-state index is 0.275. The molecule has 2 rings (SSSR count). The van der Waals surface area contributed by atoms with E-state index in [1.165, 1.54) is 32.1 Å². The molecule has 3 atom stereocenters. The van der Waals surface area contributed by atoms with Gasteiger partial charge in [-0.1, -0.05) is 26.2 Å². The van der Waals surface area contributed by atoms with Crippen LogP contribution in [0.5, 0.6) is 0 Å². The van der Waals surface area contributed by atoms with Gasteiger partial charge < -0.3 is 10.2 Å². The highest BCUT2D eigenvalue weighted by atomic mass is 16.3. The molecule has 0 aromatic rings. The van der Waals surface area contributed by atoms with Crippen LogP contribution in [-0.2, 0) is 0 Å². The van der Waals surface area contributed by atoms with E-state index in [1.807, 2.05) is 0 Å². The van der Waals surface area contributed by atoms with Crippen LogP contribution in [0.15, 0.2) is 0 Å². The minimum atomic E-state index is -0.288. The summed E-state index contributed by atoms with van der Waals surface area (Å²) < 4.78 is 0. The Morgan fingerprint density at radius 1 is 0.938 bits per heavy atom. The third kappa shape index (κ3) is 2.78. The highest BCUT2D eigenvalue weighted by Crippen LogP contribution is 2.47. The quantitative estimate of drug-likeness (QED) is 0.675. The van der Waals surface area contributed by atoms with Crippen LogP contribution in [0.1, 0.15) is 64.7 Å². The summed E-state index contributed by atoms with van der Waals surface area (Å²) in [6.45, 7) is 2.34. The van der Waals surface area contributed by atoms with Crippen LogP contribution in [-0.4, -0.2) is 22.4 Å². The zero-order valence-electron chi connectivity index (χ0n) is 10.5. The molecule has 0 heterocycles. The van der Waals surface area contributed by atoms with E-state index in [9.17, 15) is 10.2 Å². The third-order valence-corrected chi connectivity index (χ3v) is 4.89. The van der Waals surface area contributed by atoms with Gasteiger partial charge in [0.25, 0.3) is 0 Å². The monoisotopic (exact) mass is 226 g/mol. The van der Waals surface area contributed by atoms with Gasteiger partial charge in [-0.2, -0.15) is 0 Å². The summed E-state index contributed by atoms with van der Waals surface area (Å²) in [6, 6.07) is 0. The summed E-state index contributed by atoms with van der Waals surface area (Å²) >= 11 is 0. The number of hydrogen-bond acceptors (Lipinski definition) is 2. The normalized spacial score (nSPS) is 42.9. The van der Waals surface area contributed by atoms with E-state index in [1.54, 1.807) is 0 Å². The second kappa shape index (κ2) is 5.05. The molecule has 0 spiro atoms. The zero-order valence-corrected chi connectivity index (χ0v) is 10.5. The molecule has 2 aliphatic carbocycles. The fourth-order valence-electron chi connectivity index (χ4n) is 3.82. The third-order valence-electron chi connectivity index (χ3n) is 4.89. The Morgan fingerprint density at radius 3 is 2.31 bits per heavy atom. The molecular formula is C14H26O2. The van der Waals surface area contributed by atoms with E-state index in [0.717, 1.165) is 25.2 Å². The predicted molar refractivity (Wildman–Crippen MR) is 65.2 cm³/mol. The van der Waals surface area contributed by atoms with Gasteiger partial charge in [0.15, 0.2) is 0 Å². The SMILES string of the molecule is CC1(C2CCCCC2)CCC(O)CC(O)C1. The maximum absolute atomic E-state index is 9.97. The van der Waals surface area contributed by atoms with Crippen molar-refractivity contribution in [2.24, 2.45) is 11.3 Å². The predicted octanol–water partition coefficient (Wildman–Crippen LogP) is 2.87. The highest BCUT2D eigenvalue weighted by molar-refractivity contribution is 4.90. The van der Waals surface area contributed by atoms with E-state index >= 15 is 0 Å². The van der Waals surface area contributed by atoms with Crippen LogP contribution in [0.4, 0.5) is 0 Å². The highest BCUT2D eigenvalue weighted by Gasteiger charge is 2.38. The molecule has 2 fully saturated rings. The van der Waals surface area contributed by atoms with Gasteiger partial charge >= 0.3 is 0 Å². The fourth-order valence-corrected chi connectivity index (χ4v) is 3.82. The summed E-state index contributed by atoms with van der Waals surface area (Å²) in [7, 11) is 0. The molecule has 16 heavy (non-hydrogen) atoms. The number of aliphatic hydroxyl groups excluding tert-OH is 2. The summed E-state index contributed by atoms with van der Waals surface area (Å²) in [4.78, 5) is 0. The molecule has 2 saturated carbocycles. The molecule has 2 aliphatic rings. The Bertz CT molecular complexity index is 223. The first-order chi connectivity index (χ1) is 7.60. The maximum atomic E-state index is 9.97. The first-order valence-electron chi connectivity index (χ1n) is 6.96. The van der Waals surface area contributed by atoms with Crippen molar-refractivity contribution >= 4 is 0 Å². The van der Waals surface area contributed by atoms with Gasteiger partial charge in [0.2, 0.25) is 0 Å². The summed E-state index contributed by atoms with van der Waals surface area (Å²) in [5.41, 5.74) is 0.275. The van der Waals surface area contributed by atoms with E-state index in [2.05, 4.69) is 6.92 Å². The summed E-state index contributed by atoms with van der Waals surface area (Å²) in [5, 5.41) is 19.7. The molecule has 2 heteroatoms. The molecule has 2 N–H and O–H groups in total. The second-order valence-electron chi connectivity index (χ2n) is 6.28. The average molecular weight is 226 g/mol. The van der Waals surface area contributed by atoms with E-state index < -0.39 is 0 Å². The smallest absolute Gasteiger partial charge is 0.0570 e. The number of hydrogen-bond donors (Lipinski definition) is 2. The van der Waals surface area contributed by atoms with Gasteiger partial charge in [-0.05, 0) is 49.9 Å². The second-order valence-corrected chi connectivity index (χ2v) is 6.28. The van der Waals surface area contributed by atoms with Crippen LogP contribution in [0, 0.1) is 11.3 Å². The molecule has 0 radical (unpaired) electrons. The van der Waals surface area contributed by atoms with Crippen molar-refractivity contribution in [3.8, 4) is 0 Å². The van der Waals surface area contributed by atoms with Crippen molar-refractivity contribution < 1.29 is 10.2 Å². The summed E-state index contributed by atoms with van der Waals surface area (Å²) in [6.07, 6.45) is 9.66. The topological polar surface area (TPSA) is 40.5 Å². The van der Waals surface area contributed by atoms with Crippen molar-refractivity contribution in [3.05, 3.63) is 0 Å². The minimum Gasteiger partial charge on any atom is -0.393 e. The van der Waals surface area contributed by atoms with Gasteiger partial charge in [0.1, 0.15) is 0 Å². The summed E-state index contributed by atoms with van der Waals surface area (Å²) in [5.74, 6) is 0.779. The lowest BCUT2D eigenvalue weighted by molar-refractivity contribution is 0.0481. The Hall–Kier alpha value is -0.0800. The van der Waals surface area contributed by atoms with E-state index in [4.69, 9.17) is 0 Å². The molecular weight excluding hydrogens is 200 g/mol. The van der Waals surface area contributed by atoms with Gasteiger partial charge in [0, 0.05) is 0 Å². The van der Waals surface area contributed by atoms with Crippen molar-refractivity contribution in [2.45, 2.75) is 76.9 Å². The molecule has 0 bridgehead atoms. The van der Waals surface area contributed by atoms with Gasteiger partial charge in [-0.15, -0.1) is 0 Å². The van der Waals surface area contributed by atoms with Crippen molar-refractivity contribution in [1.29, 1.82) is 0 Å². The largest absolute Gasteiger partial charge is 0.393 e. The van der Waals surface area contributed by atoms with Crippen LogP contribution in [0.2, 0.25) is 0 Å². The van der Waals surface area contributed by atoms with Crippen LogP contribution in [0.3, 0.4) is 0 Å². The van der Waals surface area contributed by atoms with Crippen molar-refractivity contribution in [1.82, 2.24) is 0 Å². The molecule has 3 unspecified atom stereocenters. The van der Waals surface area contributed by atoms with Crippen LogP contribution >= 0.6 is 0 Å². The van der Waals surface area contributed by atoms with E-state index in [0.29, 0.717) is 6.42 Å². The Balaban J connectivity index is 2.03. The fraction of sp³-hybridized carbons (Fsp3) is 1.00.